The fraction of sp³-hybridized carbons (Fsp3) is 0.182. The Morgan fingerprint density at radius 1 is 1.00 bits per heavy atom. The van der Waals surface area contributed by atoms with Gasteiger partial charge in [0.1, 0.15) is 23.1 Å². The quantitative estimate of drug-likeness (QED) is 0.517. The van der Waals surface area contributed by atoms with Gasteiger partial charge in [0, 0.05) is 31.5 Å². The number of urea groups is 1. The number of anilines is 2. The van der Waals surface area contributed by atoms with E-state index < -0.39 is 0 Å². The highest BCUT2D eigenvalue weighted by Crippen LogP contribution is 2.21. The van der Waals surface area contributed by atoms with Gasteiger partial charge < -0.3 is 15.0 Å². The van der Waals surface area contributed by atoms with Gasteiger partial charge in [-0.2, -0.15) is 0 Å². The first-order valence-corrected chi connectivity index (χ1v) is 10.0. The molecule has 2 amide bonds. The zero-order chi connectivity index (χ0) is 21.0. The Hall–Kier alpha value is -4.14. The van der Waals surface area contributed by atoms with E-state index in [9.17, 15) is 4.79 Å². The average Bonchev–Trinajstić information content (AvgIpc) is 3.45. The molecule has 1 unspecified atom stereocenters. The van der Waals surface area contributed by atoms with E-state index in [1.54, 1.807) is 40.1 Å². The highest BCUT2D eigenvalue weighted by Gasteiger charge is 2.26. The maximum atomic E-state index is 12.6. The van der Waals surface area contributed by atoms with Crippen LogP contribution in [0.25, 0.3) is 5.65 Å². The molecule has 0 aliphatic carbocycles. The van der Waals surface area contributed by atoms with Gasteiger partial charge in [-0.1, -0.05) is 18.2 Å². The Morgan fingerprint density at radius 2 is 1.87 bits per heavy atom. The summed E-state index contributed by atoms with van der Waals surface area (Å²) in [6, 6.07) is 16.8. The number of nitrogens with zero attached hydrogens (tertiary/aromatic N) is 5. The molecule has 5 rings (SSSR count). The van der Waals surface area contributed by atoms with Crippen LogP contribution in [0.5, 0.6) is 11.5 Å². The minimum atomic E-state index is -0.174. The summed E-state index contributed by atoms with van der Waals surface area (Å²) in [5.41, 5.74) is 0.797. The molecule has 3 aromatic heterocycles. The fourth-order valence-corrected chi connectivity index (χ4v) is 3.49. The van der Waals surface area contributed by atoms with Gasteiger partial charge in [0.2, 0.25) is 0 Å². The van der Waals surface area contributed by atoms with Crippen LogP contribution in [0.3, 0.4) is 0 Å². The van der Waals surface area contributed by atoms with Gasteiger partial charge >= 0.3 is 6.03 Å². The number of fused-ring (bicyclic) bond motifs is 1. The monoisotopic (exact) mass is 415 g/mol. The van der Waals surface area contributed by atoms with Gasteiger partial charge in [-0.3, -0.25) is 5.32 Å². The third kappa shape index (κ3) is 4.40. The fourth-order valence-electron chi connectivity index (χ4n) is 3.49. The molecule has 4 heterocycles. The number of benzene rings is 1. The maximum Gasteiger partial charge on any atom is 0.323 e. The molecule has 1 fully saturated rings. The molecule has 2 N–H and O–H groups in total. The van der Waals surface area contributed by atoms with Crippen LogP contribution >= 0.6 is 0 Å². The number of imidazole rings is 1. The number of nitrogens with one attached hydrogen (secondary N) is 2. The van der Waals surface area contributed by atoms with E-state index in [0.717, 1.165) is 23.6 Å². The van der Waals surface area contributed by atoms with Gasteiger partial charge in [0.15, 0.2) is 5.65 Å². The van der Waals surface area contributed by atoms with Crippen LogP contribution in [-0.2, 0) is 0 Å². The minimum Gasteiger partial charge on any atom is -0.456 e. The molecule has 9 heteroatoms. The van der Waals surface area contributed by atoms with Crippen molar-refractivity contribution < 1.29 is 9.53 Å². The molecule has 4 aromatic rings. The Bertz CT molecular complexity index is 1180. The van der Waals surface area contributed by atoms with Crippen LogP contribution in [0.2, 0.25) is 0 Å². The van der Waals surface area contributed by atoms with E-state index in [-0.39, 0.29) is 12.1 Å². The van der Waals surface area contributed by atoms with Gasteiger partial charge in [-0.25, -0.2) is 19.3 Å². The van der Waals surface area contributed by atoms with E-state index in [2.05, 4.69) is 25.7 Å². The molecule has 1 aliphatic rings. The number of aromatic nitrogens is 4. The number of hydrogen-bond donors (Lipinski definition) is 2. The second-order valence-electron chi connectivity index (χ2n) is 7.25. The van der Waals surface area contributed by atoms with E-state index in [4.69, 9.17) is 4.74 Å². The lowest BCUT2D eigenvalue weighted by atomic mass is 10.2. The topological polar surface area (TPSA) is 96.7 Å². The van der Waals surface area contributed by atoms with Crippen molar-refractivity contribution in [1.29, 1.82) is 0 Å². The molecule has 1 atom stereocenters. The molecule has 0 radical (unpaired) electrons. The first-order valence-electron chi connectivity index (χ1n) is 10.0. The number of rotatable bonds is 5. The molecule has 156 valence electrons. The second kappa shape index (κ2) is 8.31. The van der Waals surface area contributed by atoms with E-state index in [0.29, 0.717) is 24.7 Å². The first-order chi connectivity index (χ1) is 15.2. The highest BCUT2D eigenvalue weighted by molar-refractivity contribution is 5.88. The highest BCUT2D eigenvalue weighted by atomic mass is 16.5. The zero-order valence-corrected chi connectivity index (χ0v) is 16.7. The summed E-state index contributed by atoms with van der Waals surface area (Å²) in [6.07, 6.45) is 5.95. The summed E-state index contributed by atoms with van der Waals surface area (Å²) in [5, 5.41) is 10.7. The van der Waals surface area contributed by atoms with Crippen molar-refractivity contribution in [2.24, 2.45) is 0 Å². The third-order valence-corrected chi connectivity index (χ3v) is 5.03. The van der Waals surface area contributed by atoms with Crippen LogP contribution in [0.1, 0.15) is 6.42 Å². The number of para-hydroxylation sites is 1. The summed E-state index contributed by atoms with van der Waals surface area (Å²) >= 11 is 0. The van der Waals surface area contributed by atoms with Crippen molar-refractivity contribution in [3.8, 4) is 11.5 Å². The van der Waals surface area contributed by atoms with Crippen molar-refractivity contribution in [2.45, 2.75) is 12.5 Å². The van der Waals surface area contributed by atoms with Crippen LogP contribution < -0.4 is 15.4 Å². The van der Waals surface area contributed by atoms with Crippen LogP contribution in [0.15, 0.2) is 73.2 Å². The number of ether oxygens (including phenoxy) is 1. The molecule has 0 spiro atoms. The van der Waals surface area contributed by atoms with Gasteiger partial charge in [0.05, 0.1) is 6.20 Å². The Morgan fingerprint density at radius 3 is 2.71 bits per heavy atom. The largest absolute Gasteiger partial charge is 0.456 e. The predicted molar refractivity (Wildman–Crippen MR) is 116 cm³/mol. The van der Waals surface area contributed by atoms with Gasteiger partial charge in [-0.15, -0.1) is 5.10 Å². The molecule has 1 aliphatic heterocycles. The van der Waals surface area contributed by atoms with Gasteiger partial charge in [0.25, 0.3) is 0 Å². The van der Waals surface area contributed by atoms with E-state index in [1.165, 1.54) is 0 Å². The number of carbonyl (C=O) groups excluding carboxylic acids is 1. The normalized spacial score (nSPS) is 15.7. The number of likely N-dealkylation sites (tertiary alicyclic amines) is 1. The molecular formula is C22H21N7O2. The van der Waals surface area contributed by atoms with Crippen molar-refractivity contribution in [3.63, 3.8) is 0 Å². The standard InChI is InChI=1S/C22H21N7O2/c30-22(26-19-7-6-18(14-24-19)31-17-4-2-1-3-5-17)28-12-10-16(15-28)25-20-8-9-21-23-11-13-29(21)27-20/h1-9,11,13-14,16H,10,12,15H2,(H,25,27)(H,24,26,30). The second-order valence-corrected chi connectivity index (χ2v) is 7.25. The molecular weight excluding hydrogens is 394 g/mol. The number of amides is 2. The van der Waals surface area contributed by atoms with Crippen LogP contribution in [0, 0.1) is 0 Å². The Balaban J connectivity index is 1.14. The smallest absolute Gasteiger partial charge is 0.323 e. The van der Waals surface area contributed by atoms with Gasteiger partial charge in [-0.05, 0) is 42.8 Å². The van der Waals surface area contributed by atoms with Crippen molar-refractivity contribution in [1.82, 2.24) is 24.5 Å². The number of pyridine rings is 1. The summed E-state index contributed by atoms with van der Waals surface area (Å²) in [6.45, 7) is 1.25. The third-order valence-electron chi connectivity index (χ3n) is 5.03. The van der Waals surface area contributed by atoms with Crippen LogP contribution in [-0.4, -0.2) is 49.6 Å². The van der Waals surface area contributed by atoms with E-state index in [1.807, 2.05) is 42.5 Å². The predicted octanol–water partition coefficient (Wildman–Crippen LogP) is 3.63. The van der Waals surface area contributed by atoms with Crippen LogP contribution in [0.4, 0.5) is 16.4 Å². The van der Waals surface area contributed by atoms with Crippen molar-refractivity contribution in [3.05, 3.63) is 73.2 Å². The average molecular weight is 415 g/mol. The van der Waals surface area contributed by atoms with E-state index >= 15 is 0 Å². The van der Waals surface area contributed by atoms with Crippen molar-refractivity contribution in [2.75, 3.05) is 23.7 Å². The SMILES string of the molecule is O=C(Nc1ccc(Oc2ccccc2)cn1)N1CCC(Nc2ccc3nccn3n2)C1. The Labute approximate surface area is 178 Å². The molecule has 1 saturated heterocycles. The summed E-state index contributed by atoms with van der Waals surface area (Å²) < 4.78 is 7.45. The lowest BCUT2D eigenvalue weighted by Crippen LogP contribution is -2.35. The Kier molecular flexibility index (Phi) is 5.05. The molecule has 1 aromatic carbocycles. The maximum absolute atomic E-state index is 12.6. The van der Waals surface area contributed by atoms with Crippen molar-refractivity contribution >= 4 is 23.3 Å². The minimum absolute atomic E-state index is 0.133. The number of hydrogen-bond acceptors (Lipinski definition) is 6. The molecule has 9 nitrogen and oxygen atoms in total. The lowest BCUT2D eigenvalue weighted by Gasteiger charge is -2.18. The number of carbonyl (C=O) groups is 1. The summed E-state index contributed by atoms with van der Waals surface area (Å²) in [4.78, 5) is 22.9. The molecule has 0 bridgehead atoms. The lowest BCUT2D eigenvalue weighted by molar-refractivity contribution is 0.222. The summed E-state index contributed by atoms with van der Waals surface area (Å²) in [5.74, 6) is 2.58. The first kappa shape index (κ1) is 18.9. The summed E-state index contributed by atoms with van der Waals surface area (Å²) in [7, 11) is 0. The molecule has 31 heavy (non-hydrogen) atoms. The molecule has 0 saturated carbocycles. The zero-order valence-electron chi connectivity index (χ0n) is 16.7.